The summed E-state index contributed by atoms with van der Waals surface area (Å²) in [6.07, 6.45) is 0. The molecule has 0 amide bonds. The molecule has 0 saturated carbocycles. The third-order valence-corrected chi connectivity index (χ3v) is 0. The van der Waals surface area contributed by atoms with Gasteiger partial charge in [-0.2, -0.15) is 0 Å². The van der Waals surface area contributed by atoms with Crippen LogP contribution in [0.2, 0.25) is 0 Å². The summed E-state index contributed by atoms with van der Waals surface area (Å²) in [4.78, 5) is 0. The van der Waals surface area contributed by atoms with Crippen LogP contribution in [0.5, 0.6) is 0 Å². The largest absolute Gasteiger partial charge is 4.00 e. The molecule has 0 N–H and O–H groups in total. The molecule has 0 aliphatic carbocycles. The average molecular weight is 576 g/mol. The molecular formula is BaNdO6SmTi. The molecule has 0 heterocycles. The molecule has 0 aromatic carbocycles. The van der Waals surface area contributed by atoms with Crippen LogP contribution < -0.4 is 0 Å². The third-order valence-electron chi connectivity index (χ3n) is 0. The van der Waals surface area contributed by atoms with Crippen molar-refractivity contribution < 1.29 is 136 Å². The van der Waals surface area contributed by atoms with Gasteiger partial charge < -0.3 is 32.9 Å². The zero-order valence-corrected chi connectivity index (χ0v) is 16.4. The van der Waals surface area contributed by atoms with E-state index in [1.165, 1.54) is 0 Å². The Morgan fingerprint density at radius 3 is 0.500 bits per heavy atom. The van der Waals surface area contributed by atoms with Gasteiger partial charge in [0.05, 0.1) is 0 Å². The molecule has 0 aliphatic heterocycles. The third kappa shape index (κ3) is 78.2. The molecule has 0 atom stereocenters. The maximum atomic E-state index is 0. The van der Waals surface area contributed by atoms with E-state index in [4.69, 9.17) is 0 Å². The molecule has 10 heavy (non-hydrogen) atoms. The molecule has 6 nitrogen and oxygen atoms in total. The maximum Gasteiger partial charge on any atom is 4.00 e. The van der Waals surface area contributed by atoms with Gasteiger partial charge in [-0.05, 0) is 0 Å². The Bertz CT molecular complexity index is 17.7. The van der Waals surface area contributed by atoms with Gasteiger partial charge in [-0.3, -0.25) is 0 Å². The SMILES string of the molecule is [Ba+2].[Nd+3].[O-2].[O-2].[O-2].[O-2].[O-2].[O-2].[Sm+3].[Ti+4]. The van der Waals surface area contributed by atoms with Crippen molar-refractivity contribution in [2.45, 2.75) is 0 Å². The minimum Gasteiger partial charge on any atom is -2.00 e. The number of rotatable bonds is 0. The number of hydrogen-bond donors (Lipinski definition) is 0. The molecule has 0 aliphatic rings. The van der Waals surface area contributed by atoms with E-state index in [0.29, 0.717) is 0 Å². The minimum absolute atomic E-state index is 0. The summed E-state index contributed by atoms with van der Waals surface area (Å²) in [5.41, 5.74) is 0. The van der Waals surface area contributed by atoms with Gasteiger partial charge in [0.15, 0.2) is 0 Å². The normalized spacial score (nSPS) is 0. The van der Waals surface area contributed by atoms with Gasteiger partial charge in [-0.25, -0.2) is 0 Å². The Balaban J connectivity index is 0. The summed E-state index contributed by atoms with van der Waals surface area (Å²) in [6, 6.07) is 0. The second-order valence-electron chi connectivity index (χ2n) is 0. The van der Waals surface area contributed by atoms with Crippen molar-refractivity contribution in [2.24, 2.45) is 0 Å². The zero-order chi connectivity index (χ0) is 0. The summed E-state index contributed by atoms with van der Waals surface area (Å²) >= 11 is 0. The van der Waals surface area contributed by atoms with E-state index in [1.54, 1.807) is 0 Å². The summed E-state index contributed by atoms with van der Waals surface area (Å²) in [7, 11) is 0. The van der Waals surface area contributed by atoms with Gasteiger partial charge in [-0.1, -0.05) is 0 Å². The molecule has 0 fully saturated rings. The Morgan fingerprint density at radius 1 is 0.500 bits per heavy atom. The Morgan fingerprint density at radius 2 is 0.500 bits per heavy atom. The maximum absolute atomic E-state index is 0. The van der Waals surface area contributed by atoms with Crippen molar-refractivity contribution >= 4 is 48.9 Å². The van der Waals surface area contributed by atoms with Crippen LogP contribution in [0, 0.1) is 81.2 Å². The van der Waals surface area contributed by atoms with Crippen molar-refractivity contribution in [1.29, 1.82) is 0 Å². The quantitative estimate of drug-likeness (QED) is 0.320. The van der Waals surface area contributed by atoms with Gasteiger partial charge in [0.2, 0.25) is 0 Å². The molecule has 0 spiro atoms. The van der Waals surface area contributed by atoms with Crippen LogP contribution in [0.25, 0.3) is 0 Å². The van der Waals surface area contributed by atoms with E-state index < -0.39 is 0 Å². The summed E-state index contributed by atoms with van der Waals surface area (Å²) in [5.74, 6) is 0. The molecular weight excluding hydrogens is 576 g/mol. The topological polar surface area (TPSA) is 171 Å². The Hall–Kier alpha value is 4.73. The monoisotopic (exact) mass is 576 g/mol. The molecule has 10 heteroatoms. The van der Waals surface area contributed by atoms with Crippen LogP contribution in [-0.2, 0) is 54.6 Å². The predicted octanol–water partition coefficient (Wildman–Crippen LogP) is -1.10. The number of hydrogen-bond acceptors (Lipinski definition) is 0. The first-order valence-corrected chi connectivity index (χ1v) is 0. The van der Waals surface area contributed by atoms with Crippen LogP contribution in [0.15, 0.2) is 0 Å². The Kier molecular flexibility index (Phi) is 1230. The van der Waals surface area contributed by atoms with Crippen LogP contribution in [0.1, 0.15) is 0 Å². The fraction of sp³-hybridized carbons (Fsp3) is 0. The zero-order valence-electron chi connectivity index (χ0n) is 4.56. The van der Waals surface area contributed by atoms with Crippen LogP contribution in [0.4, 0.5) is 0 Å². The first-order chi connectivity index (χ1) is 0. The van der Waals surface area contributed by atoms with Gasteiger partial charge >= 0.3 is 152 Å². The van der Waals surface area contributed by atoms with E-state index in [1.807, 2.05) is 0 Å². The van der Waals surface area contributed by atoms with E-state index in [0.717, 1.165) is 0 Å². The van der Waals surface area contributed by atoms with Gasteiger partial charge in [-0.15, -0.1) is 0 Å². The van der Waals surface area contributed by atoms with Gasteiger partial charge in [0.25, 0.3) is 0 Å². The summed E-state index contributed by atoms with van der Waals surface area (Å²) in [5, 5.41) is 0. The molecule has 0 rings (SSSR count). The Labute approximate surface area is 179 Å². The summed E-state index contributed by atoms with van der Waals surface area (Å²) in [6.45, 7) is 0. The fourth-order valence-corrected chi connectivity index (χ4v) is 0. The van der Waals surface area contributed by atoms with Crippen LogP contribution in [-0.4, -0.2) is 48.9 Å². The first-order valence-electron chi connectivity index (χ1n) is 0. The van der Waals surface area contributed by atoms with Crippen molar-refractivity contribution in [1.82, 2.24) is 0 Å². The van der Waals surface area contributed by atoms with Gasteiger partial charge in [0.1, 0.15) is 0 Å². The fourth-order valence-electron chi connectivity index (χ4n) is 0. The summed E-state index contributed by atoms with van der Waals surface area (Å²) < 4.78 is 0. The van der Waals surface area contributed by atoms with Crippen molar-refractivity contribution in [3.8, 4) is 0 Å². The van der Waals surface area contributed by atoms with Crippen LogP contribution >= 0.6 is 0 Å². The smallest absolute Gasteiger partial charge is 2.00 e. The standard InChI is InChI=1S/Ba.Nd.6O.Sm.Ti/q+2;+3;6*-2;+3;+4. The molecule has 2 radical (unpaired) electrons. The molecule has 0 saturated heterocycles. The average Bonchev–Trinajstić information content (AvgIpc) is 0. The predicted molar refractivity (Wildman–Crippen MR) is 9.87 cm³/mol. The van der Waals surface area contributed by atoms with Crippen LogP contribution in [0.3, 0.4) is 0 Å². The molecule has 52 valence electrons. The van der Waals surface area contributed by atoms with E-state index in [2.05, 4.69) is 0 Å². The van der Waals surface area contributed by atoms with E-state index in [9.17, 15) is 0 Å². The minimum atomic E-state index is 0. The molecule has 0 aromatic rings. The van der Waals surface area contributed by atoms with Crippen molar-refractivity contribution in [2.75, 3.05) is 0 Å². The second kappa shape index (κ2) is 99.4. The molecule has 0 bridgehead atoms. The van der Waals surface area contributed by atoms with Crippen molar-refractivity contribution in [3.63, 3.8) is 0 Å². The second-order valence-corrected chi connectivity index (χ2v) is 0. The van der Waals surface area contributed by atoms with E-state index in [-0.39, 0.29) is 185 Å². The van der Waals surface area contributed by atoms with Gasteiger partial charge in [0, 0.05) is 0 Å². The van der Waals surface area contributed by atoms with E-state index >= 15 is 0 Å². The first kappa shape index (κ1) is 124. The molecule has 0 unspecified atom stereocenters. The van der Waals surface area contributed by atoms with Crippen molar-refractivity contribution in [3.05, 3.63) is 0 Å². The molecule has 0 aromatic heterocycles.